The average Bonchev–Trinajstić information content (AvgIpc) is 3.22. The molecule has 0 unspecified atom stereocenters. The number of aromatic nitrogens is 2. The van der Waals surface area contributed by atoms with Gasteiger partial charge in [0.25, 0.3) is 5.91 Å². The average molecular weight is 417 g/mol. The number of carbonyl (C=O) groups is 1. The Labute approximate surface area is 156 Å². The highest BCUT2D eigenvalue weighted by Gasteiger charge is 2.10. The quantitative estimate of drug-likeness (QED) is 0.664. The van der Waals surface area contributed by atoms with Crippen LogP contribution in [-0.4, -0.2) is 22.3 Å². The van der Waals surface area contributed by atoms with Crippen LogP contribution in [0.15, 0.2) is 52.4 Å². The Balaban J connectivity index is 1.60. The number of ether oxygens (including phenoxy) is 1. The molecule has 2 aromatic heterocycles. The van der Waals surface area contributed by atoms with Crippen LogP contribution in [0.25, 0.3) is 0 Å². The number of rotatable bonds is 6. The summed E-state index contributed by atoms with van der Waals surface area (Å²) in [6, 6.07) is 12.6. The first-order valence-electron chi connectivity index (χ1n) is 7.32. The lowest BCUT2D eigenvalue weighted by atomic mass is 10.2. The molecule has 0 aliphatic rings. The minimum Gasteiger partial charge on any atom is -0.482 e. The summed E-state index contributed by atoms with van der Waals surface area (Å²) in [4.78, 5) is 13.2. The molecule has 0 aliphatic heterocycles. The van der Waals surface area contributed by atoms with E-state index in [2.05, 4.69) is 26.3 Å². The van der Waals surface area contributed by atoms with Crippen molar-refractivity contribution in [2.45, 2.75) is 6.54 Å². The lowest BCUT2D eigenvalue weighted by Gasteiger charge is -2.10. The highest BCUT2D eigenvalue weighted by atomic mass is 79.9. The van der Waals surface area contributed by atoms with Gasteiger partial charge in [-0.3, -0.25) is 4.79 Å². The summed E-state index contributed by atoms with van der Waals surface area (Å²) in [7, 11) is 0. The van der Waals surface area contributed by atoms with E-state index in [0.29, 0.717) is 23.7 Å². The molecule has 8 heteroatoms. The summed E-state index contributed by atoms with van der Waals surface area (Å²) >= 11 is 5.03. The molecule has 0 radical (unpaired) electrons. The van der Waals surface area contributed by atoms with Gasteiger partial charge in [-0.15, -0.1) is 11.3 Å². The fraction of sp³-hybridized carbons (Fsp3) is 0.118. The van der Waals surface area contributed by atoms with Gasteiger partial charge in [-0.05, 0) is 34.1 Å². The Morgan fingerprint density at radius 3 is 3.00 bits per heavy atom. The second-order valence-electron chi connectivity index (χ2n) is 5.05. The Kier molecular flexibility index (Phi) is 5.48. The zero-order valence-electron chi connectivity index (χ0n) is 13.0. The molecule has 25 heavy (non-hydrogen) atoms. The van der Waals surface area contributed by atoms with Crippen molar-refractivity contribution >= 4 is 39.0 Å². The molecule has 0 bridgehead atoms. The summed E-state index contributed by atoms with van der Waals surface area (Å²) in [5, 5.41) is 18.0. The molecule has 0 spiro atoms. The maximum absolute atomic E-state index is 12.1. The van der Waals surface area contributed by atoms with Crippen LogP contribution in [0.4, 0.5) is 5.82 Å². The topological polar surface area (TPSA) is 79.9 Å². The van der Waals surface area contributed by atoms with Crippen LogP contribution >= 0.6 is 27.3 Å². The van der Waals surface area contributed by atoms with Gasteiger partial charge >= 0.3 is 0 Å². The molecule has 2 heterocycles. The van der Waals surface area contributed by atoms with Gasteiger partial charge in [0.2, 0.25) is 0 Å². The third-order valence-corrected chi connectivity index (χ3v) is 4.96. The van der Waals surface area contributed by atoms with Crippen molar-refractivity contribution < 1.29 is 9.53 Å². The minimum atomic E-state index is -0.318. The third kappa shape index (κ3) is 4.47. The highest BCUT2D eigenvalue weighted by Crippen LogP contribution is 2.22. The number of nitriles is 1. The number of hydrogen-bond acceptors (Lipinski definition) is 5. The standard InChI is InChI=1S/C17H13BrN4O2S/c18-13-7-14(25-11-13)9-22-16(5-6-20-22)21-17(23)10-24-15-4-2-1-3-12(15)8-19/h1-7,11H,9-10H2,(H,21,23). The zero-order valence-corrected chi connectivity index (χ0v) is 15.4. The van der Waals surface area contributed by atoms with Crippen LogP contribution in [0.2, 0.25) is 0 Å². The Bertz CT molecular complexity index is 929. The predicted octanol–water partition coefficient (Wildman–Crippen LogP) is 3.64. The maximum atomic E-state index is 12.1. The van der Waals surface area contributed by atoms with Gasteiger partial charge in [0.05, 0.1) is 18.3 Å². The number of hydrogen-bond donors (Lipinski definition) is 1. The minimum absolute atomic E-state index is 0.186. The van der Waals surface area contributed by atoms with E-state index in [4.69, 9.17) is 10.00 Å². The van der Waals surface area contributed by atoms with Crippen LogP contribution in [0, 0.1) is 11.3 Å². The second kappa shape index (κ2) is 7.96. The smallest absolute Gasteiger partial charge is 0.263 e. The summed E-state index contributed by atoms with van der Waals surface area (Å²) < 4.78 is 8.16. The monoisotopic (exact) mass is 416 g/mol. The van der Waals surface area contributed by atoms with E-state index in [1.165, 1.54) is 0 Å². The number of para-hydroxylation sites is 1. The first kappa shape index (κ1) is 17.2. The van der Waals surface area contributed by atoms with E-state index in [1.807, 2.05) is 17.5 Å². The number of benzene rings is 1. The van der Waals surface area contributed by atoms with Crippen LogP contribution in [0.5, 0.6) is 5.75 Å². The fourth-order valence-corrected chi connectivity index (χ4v) is 3.59. The molecule has 0 atom stereocenters. The van der Waals surface area contributed by atoms with Crippen LogP contribution < -0.4 is 10.1 Å². The zero-order chi connectivity index (χ0) is 17.6. The lowest BCUT2D eigenvalue weighted by Crippen LogP contribution is -2.22. The van der Waals surface area contributed by atoms with Crippen molar-refractivity contribution in [3.05, 3.63) is 62.9 Å². The maximum Gasteiger partial charge on any atom is 0.263 e. The third-order valence-electron chi connectivity index (χ3n) is 3.28. The van der Waals surface area contributed by atoms with E-state index in [0.717, 1.165) is 9.35 Å². The van der Waals surface area contributed by atoms with Crippen molar-refractivity contribution in [3.8, 4) is 11.8 Å². The normalized spacial score (nSPS) is 10.2. The number of amides is 1. The van der Waals surface area contributed by atoms with Gasteiger partial charge in [0.15, 0.2) is 6.61 Å². The first-order chi connectivity index (χ1) is 12.2. The Morgan fingerprint density at radius 2 is 2.24 bits per heavy atom. The number of anilines is 1. The molecule has 0 saturated carbocycles. The van der Waals surface area contributed by atoms with Gasteiger partial charge in [-0.1, -0.05) is 12.1 Å². The summed E-state index contributed by atoms with van der Waals surface area (Å²) in [6.07, 6.45) is 1.63. The molecule has 1 aromatic carbocycles. The number of halogens is 1. The van der Waals surface area contributed by atoms with Crippen molar-refractivity contribution in [1.82, 2.24) is 9.78 Å². The molecule has 0 saturated heterocycles. The Hall–Kier alpha value is -2.63. The van der Waals surface area contributed by atoms with E-state index in [1.54, 1.807) is 52.5 Å². The molecule has 3 aromatic rings. The summed E-state index contributed by atoms with van der Waals surface area (Å²) in [6.45, 7) is 0.380. The summed E-state index contributed by atoms with van der Waals surface area (Å²) in [5.74, 6) is 0.658. The van der Waals surface area contributed by atoms with Gasteiger partial charge < -0.3 is 10.1 Å². The first-order valence-corrected chi connectivity index (χ1v) is 8.99. The SMILES string of the molecule is N#Cc1ccccc1OCC(=O)Nc1ccnn1Cc1cc(Br)cs1. The van der Waals surface area contributed by atoms with Gasteiger partial charge in [0, 0.05) is 20.8 Å². The highest BCUT2D eigenvalue weighted by molar-refractivity contribution is 9.10. The molecule has 0 aliphatic carbocycles. The van der Waals surface area contributed by atoms with E-state index in [-0.39, 0.29) is 12.5 Å². The van der Waals surface area contributed by atoms with E-state index >= 15 is 0 Å². The summed E-state index contributed by atoms with van der Waals surface area (Å²) in [5.41, 5.74) is 0.392. The molecule has 1 amide bonds. The molecule has 6 nitrogen and oxygen atoms in total. The fourth-order valence-electron chi connectivity index (χ4n) is 2.16. The van der Waals surface area contributed by atoms with Gasteiger partial charge in [-0.25, -0.2) is 4.68 Å². The molecule has 126 valence electrons. The largest absolute Gasteiger partial charge is 0.482 e. The van der Waals surface area contributed by atoms with E-state index < -0.39 is 0 Å². The van der Waals surface area contributed by atoms with Crippen molar-refractivity contribution in [2.24, 2.45) is 0 Å². The molecule has 1 N–H and O–H groups in total. The van der Waals surface area contributed by atoms with Gasteiger partial charge in [-0.2, -0.15) is 10.4 Å². The number of nitrogens with zero attached hydrogens (tertiary/aromatic N) is 3. The number of carbonyl (C=O) groups excluding carboxylic acids is 1. The Morgan fingerprint density at radius 1 is 1.40 bits per heavy atom. The van der Waals surface area contributed by atoms with Crippen molar-refractivity contribution in [1.29, 1.82) is 5.26 Å². The molecule has 0 fully saturated rings. The molecular formula is C17H13BrN4O2S. The lowest BCUT2D eigenvalue weighted by molar-refractivity contribution is -0.118. The molecule has 3 rings (SSSR count). The number of nitrogens with one attached hydrogen (secondary N) is 1. The second-order valence-corrected chi connectivity index (χ2v) is 6.96. The van der Waals surface area contributed by atoms with E-state index in [9.17, 15) is 4.79 Å². The van der Waals surface area contributed by atoms with Crippen molar-refractivity contribution in [3.63, 3.8) is 0 Å². The number of thiophene rings is 1. The van der Waals surface area contributed by atoms with Gasteiger partial charge in [0.1, 0.15) is 17.6 Å². The van der Waals surface area contributed by atoms with Crippen molar-refractivity contribution in [2.75, 3.05) is 11.9 Å². The van der Waals surface area contributed by atoms with Crippen LogP contribution in [-0.2, 0) is 11.3 Å². The molecular weight excluding hydrogens is 404 g/mol. The van der Waals surface area contributed by atoms with Crippen LogP contribution in [0.3, 0.4) is 0 Å². The van der Waals surface area contributed by atoms with Crippen LogP contribution in [0.1, 0.15) is 10.4 Å². The predicted molar refractivity (Wildman–Crippen MR) is 98.6 cm³/mol.